The third kappa shape index (κ3) is 4.57. The van der Waals surface area contributed by atoms with E-state index in [1.165, 1.54) is 19.1 Å². The largest absolute Gasteiger partial charge is 0.380 e. The fraction of sp³-hybridized carbons (Fsp3) is 0.214. The van der Waals surface area contributed by atoms with Gasteiger partial charge in [0.05, 0.1) is 13.1 Å². The lowest BCUT2D eigenvalue weighted by atomic mass is 9.94. The first-order chi connectivity index (χ1) is 15.7. The van der Waals surface area contributed by atoms with E-state index in [-0.39, 0.29) is 24.6 Å². The molecule has 4 aromatic rings. The van der Waals surface area contributed by atoms with Crippen LogP contribution >= 0.6 is 0 Å². The van der Waals surface area contributed by atoms with Crippen molar-refractivity contribution in [2.24, 2.45) is 0 Å². The average molecular weight is 441 g/mol. The van der Waals surface area contributed by atoms with Gasteiger partial charge in [-0.2, -0.15) is 0 Å². The number of rotatable bonds is 6. The lowest BCUT2D eigenvalue weighted by Gasteiger charge is -2.23. The number of hydrogen-bond acceptors (Lipinski definition) is 2. The van der Waals surface area contributed by atoms with Crippen molar-refractivity contribution >= 4 is 22.4 Å². The molecule has 0 saturated carbocycles. The molecule has 166 valence electrons. The van der Waals surface area contributed by atoms with Gasteiger partial charge >= 0.3 is 0 Å². The molecule has 0 amide bonds. The predicted molar refractivity (Wildman–Crippen MR) is 129 cm³/mol. The Kier molecular flexibility index (Phi) is 5.88. The average Bonchev–Trinajstić information content (AvgIpc) is 3.17. The number of Topliss-reactive ketones (excluding diaryl/α,β-unsaturated/α-hetero) is 1. The molecule has 1 N–H and O–H groups in total. The van der Waals surface area contributed by atoms with Gasteiger partial charge in [-0.25, -0.2) is 9.24 Å². The Bertz CT molecular complexity index is 1390. The van der Waals surface area contributed by atoms with Crippen LogP contribution in [0.15, 0.2) is 66.9 Å². The van der Waals surface area contributed by atoms with E-state index in [4.69, 9.17) is 6.57 Å². The molecule has 4 rings (SSSR count). The van der Waals surface area contributed by atoms with Crippen molar-refractivity contribution in [2.75, 3.05) is 0 Å². The van der Waals surface area contributed by atoms with E-state index in [1.807, 2.05) is 42.8 Å². The minimum absolute atomic E-state index is 0.0885. The van der Waals surface area contributed by atoms with Crippen LogP contribution in [0.1, 0.15) is 23.6 Å². The number of carbonyl (C=O) groups is 1. The first-order valence-corrected chi connectivity index (χ1v) is 10.8. The predicted octanol–water partition coefficient (Wildman–Crippen LogP) is 6.18. The van der Waals surface area contributed by atoms with Gasteiger partial charge in [-0.15, -0.1) is 0 Å². The number of fused-ring (bicyclic) bond motifs is 1. The highest BCUT2D eigenvalue weighted by molar-refractivity contribution is 5.90. The van der Waals surface area contributed by atoms with Crippen molar-refractivity contribution in [3.63, 3.8) is 0 Å². The summed E-state index contributed by atoms with van der Waals surface area (Å²) in [6.45, 7) is 12.7. The summed E-state index contributed by atoms with van der Waals surface area (Å²) in [6, 6.07) is 17.7. The van der Waals surface area contributed by atoms with Crippen LogP contribution in [0, 0.1) is 26.2 Å². The summed E-state index contributed by atoms with van der Waals surface area (Å²) >= 11 is 0. The Hall–Kier alpha value is -3.75. The van der Waals surface area contributed by atoms with Crippen molar-refractivity contribution in [3.8, 4) is 11.1 Å². The van der Waals surface area contributed by atoms with Crippen LogP contribution in [0.25, 0.3) is 26.9 Å². The smallest absolute Gasteiger partial charge is 0.190 e. The minimum Gasteiger partial charge on any atom is -0.380 e. The standard InChI is InChI=1S/C28H25FN2O2/c1-18-14-22(21-6-8-23(29)9-7-21)16-26-24(18)11-12-31(26)17-28(3,33)27(32)15-20-5-10-25(30-4)19(2)13-20/h5-14,16,33H,15,17H2,1-3H3/t28-/m0/s1. The SMILES string of the molecule is [C-]#[N+]c1ccc(CC(=O)[C@@](C)(O)Cn2ccc3c(C)cc(-c4ccc(F)cc4)cc32)cc1C. The van der Waals surface area contributed by atoms with Gasteiger partial charge in [-0.3, -0.25) is 4.79 Å². The molecule has 4 nitrogen and oxygen atoms in total. The molecule has 0 fully saturated rings. The van der Waals surface area contributed by atoms with E-state index in [1.54, 1.807) is 24.3 Å². The number of halogens is 1. The quantitative estimate of drug-likeness (QED) is 0.364. The number of aromatic nitrogens is 1. The molecule has 0 spiro atoms. The summed E-state index contributed by atoms with van der Waals surface area (Å²) in [4.78, 5) is 16.4. The molecule has 0 radical (unpaired) electrons. The van der Waals surface area contributed by atoms with E-state index in [2.05, 4.69) is 10.9 Å². The summed E-state index contributed by atoms with van der Waals surface area (Å²) in [5.41, 5.74) is 4.39. The van der Waals surface area contributed by atoms with Crippen molar-refractivity contribution in [1.29, 1.82) is 0 Å². The third-order valence-corrected chi connectivity index (χ3v) is 6.10. The highest BCUT2D eigenvalue weighted by Crippen LogP contribution is 2.30. The van der Waals surface area contributed by atoms with Gasteiger partial charge in [0, 0.05) is 23.5 Å². The zero-order chi connectivity index (χ0) is 23.8. The Morgan fingerprint density at radius 1 is 1.03 bits per heavy atom. The molecule has 0 saturated heterocycles. The van der Waals surface area contributed by atoms with Crippen molar-refractivity contribution in [3.05, 3.63) is 101 Å². The molecule has 1 aromatic heterocycles. The van der Waals surface area contributed by atoms with E-state index < -0.39 is 5.60 Å². The van der Waals surface area contributed by atoms with Crippen LogP contribution in [-0.2, 0) is 17.8 Å². The fourth-order valence-corrected chi connectivity index (χ4v) is 4.17. The maximum absolute atomic E-state index is 13.4. The summed E-state index contributed by atoms with van der Waals surface area (Å²) in [6.07, 6.45) is 1.97. The molecule has 5 heteroatoms. The minimum atomic E-state index is -1.57. The van der Waals surface area contributed by atoms with Crippen LogP contribution in [-0.4, -0.2) is 21.1 Å². The van der Waals surface area contributed by atoms with Crippen molar-refractivity contribution in [2.45, 2.75) is 39.3 Å². The van der Waals surface area contributed by atoms with Crippen molar-refractivity contribution in [1.82, 2.24) is 4.57 Å². The lowest BCUT2D eigenvalue weighted by molar-refractivity contribution is -0.136. The highest BCUT2D eigenvalue weighted by Gasteiger charge is 2.31. The number of ketones is 1. The number of carbonyl (C=O) groups excluding carboxylic acids is 1. The zero-order valence-electron chi connectivity index (χ0n) is 18.9. The highest BCUT2D eigenvalue weighted by atomic mass is 19.1. The monoisotopic (exact) mass is 440 g/mol. The lowest BCUT2D eigenvalue weighted by Crippen LogP contribution is -2.40. The third-order valence-electron chi connectivity index (χ3n) is 6.10. The maximum atomic E-state index is 13.4. The fourth-order valence-electron chi connectivity index (χ4n) is 4.17. The van der Waals surface area contributed by atoms with Crippen LogP contribution in [0.4, 0.5) is 10.1 Å². The second-order valence-electron chi connectivity index (χ2n) is 8.78. The van der Waals surface area contributed by atoms with Crippen LogP contribution < -0.4 is 0 Å². The van der Waals surface area contributed by atoms with E-state index in [0.717, 1.165) is 38.7 Å². The molecule has 0 aliphatic heterocycles. The Morgan fingerprint density at radius 3 is 2.42 bits per heavy atom. The van der Waals surface area contributed by atoms with Gasteiger partial charge in [-0.1, -0.05) is 36.4 Å². The maximum Gasteiger partial charge on any atom is 0.190 e. The number of aliphatic hydroxyl groups is 1. The number of benzene rings is 3. The second-order valence-corrected chi connectivity index (χ2v) is 8.78. The van der Waals surface area contributed by atoms with E-state index >= 15 is 0 Å². The summed E-state index contributed by atoms with van der Waals surface area (Å²) in [5, 5.41) is 12.1. The van der Waals surface area contributed by atoms with E-state index in [9.17, 15) is 14.3 Å². The van der Waals surface area contributed by atoms with Gasteiger partial charge in [0.1, 0.15) is 11.4 Å². The number of aryl methyl sites for hydroxylation is 2. The van der Waals surface area contributed by atoms with Crippen LogP contribution in [0.3, 0.4) is 0 Å². The first-order valence-electron chi connectivity index (χ1n) is 10.8. The molecule has 33 heavy (non-hydrogen) atoms. The molecule has 0 unspecified atom stereocenters. The molecular weight excluding hydrogens is 415 g/mol. The summed E-state index contributed by atoms with van der Waals surface area (Å²) in [5.74, 6) is -0.570. The van der Waals surface area contributed by atoms with E-state index in [0.29, 0.717) is 5.69 Å². The Balaban J connectivity index is 1.62. The molecule has 1 heterocycles. The Morgan fingerprint density at radius 2 is 1.76 bits per heavy atom. The molecule has 1 atom stereocenters. The molecule has 0 aliphatic carbocycles. The summed E-state index contributed by atoms with van der Waals surface area (Å²) in [7, 11) is 0. The van der Waals surface area contributed by atoms with Gasteiger partial charge in [0.2, 0.25) is 0 Å². The number of nitrogens with zero attached hydrogens (tertiary/aromatic N) is 2. The Labute approximate surface area is 192 Å². The molecular formula is C28H25FN2O2. The van der Waals surface area contributed by atoms with Gasteiger partial charge < -0.3 is 9.67 Å². The van der Waals surface area contributed by atoms with Gasteiger partial charge in [0.15, 0.2) is 11.5 Å². The van der Waals surface area contributed by atoms with Crippen molar-refractivity contribution < 1.29 is 14.3 Å². The molecule has 3 aromatic carbocycles. The second kappa shape index (κ2) is 8.65. The van der Waals surface area contributed by atoms with Crippen LogP contribution in [0.2, 0.25) is 0 Å². The zero-order valence-corrected chi connectivity index (χ0v) is 18.9. The topological polar surface area (TPSA) is 46.6 Å². The molecule has 0 aliphatic rings. The first kappa shape index (κ1) is 22.4. The normalized spacial score (nSPS) is 13.0. The molecule has 0 bridgehead atoms. The van der Waals surface area contributed by atoms with Gasteiger partial charge in [-0.05, 0) is 72.9 Å². The van der Waals surface area contributed by atoms with Crippen LogP contribution in [0.5, 0.6) is 0 Å². The number of hydrogen-bond donors (Lipinski definition) is 1. The van der Waals surface area contributed by atoms with Gasteiger partial charge in [0.25, 0.3) is 0 Å². The summed E-state index contributed by atoms with van der Waals surface area (Å²) < 4.78 is 15.2.